The largest absolute Gasteiger partial charge is 0.366 e. The monoisotopic (exact) mass is 321 g/mol. The third-order valence-corrected chi connectivity index (χ3v) is 4.46. The highest BCUT2D eigenvalue weighted by molar-refractivity contribution is 6.07. The molecule has 1 aromatic carbocycles. The number of anilines is 1. The molecule has 1 saturated heterocycles. The Balaban J connectivity index is 1.70. The number of nitrogens with zero attached hydrogens (tertiary/aromatic N) is 2. The summed E-state index contributed by atoms with van der Waals surface area (Å²) in [5, 5.41) is 4.18. The number of aromatic nitrogens is 2. The average molecular weight is 321 g/mol. The molecule has 0 bridgehead atoms. The minimum atomic E-state index is -0.424. The minimum Gasteiger partial charge on any atom is -0.366 e. The van der Waals surface area contributed by atoms with Crippen LogP contribution in [0.15, 0.2) is 42.7 Å². The minimum absolute atomic E-state index is 0.424. The number of carbonyl (C=O) groups excluding carboxylic acids is 1. The first-order valence-corrected chi connectivity index (χ1v) is 8.05. The molecule has 1 fully saturated rings. The summed E-state index contributed by atoms with van der Waals surface area (Å²) in [5.41, 5.74) is 8.84. The molecule has 1 aliphatic rings. The topological polar surface area (TPSA) is 87.0 Å². The van der Waals surface area contributed by atoms with E-state index in [1.54, 1.807) is 0 Å². The average Bonchev–Trinajstić information content (AvgIpc) is 3.10. The molecule has 2 aromatic heterocycles. The molecule has 6 heteroatoms. The predicted octanol–water partition coefficient (Wildman–Crippen LogP) is 1.74. The lowest BCUT2D eigenvalue weighted by atomic mass is 10.0. The first-order valence-electron chi connectivity index (χ1n) is 8.05. The molecule has 24 heavy (non-hydrogen) atoms. The van der Waals surface area contributed by atoms with Crippen molar-refractivity contribution in [3.05, 3.63) is 48.3 Å². The second-order valence-electron chi connectivity index (χ2n) is 5.97. The number of nitrogens with one attached hydrogen (secondary N) is 2. The number of aromatic amines is 1. The van der Waals surface area contributed by atoms with E-state index in [0.717, 1.165) is 54.0 Å². The predicted molar refractivity (Wildman–Crippen MR) is 95.1 cm³/mol. The summed E-state index contributed by atoms with van der Waals surface area (Å²) in [7, 11) is 0. The van der Waals surface area contributed by atoms with Gasteiger partial charge in [0.25, 0.3) is 0 Å². The van der Waals surface area contributed by atoms with Gasteiger partial charge in [0.2, 0.25) is 5.91 Å². The molecule has 6 nitrogen and oxygen atoms in total. The van der Waals surface area contributed by atoms with Crippen LogP contribution in [0, 0.1) is 0 Å². The molecule has 1 aliphatic heterocycles. The van der Waals surface area contributed by atoms with Crippen molar-refractivity contribution >= 4 is 22.6 Å². The highest BCUT2D eigenvalue weighted by Crippen LogP contribution is 2.27. The standard InChI is InChI=1S/C18H19N5O/c19-18(24)15-9-13(10-16-14(15)3-4-21-16)12-1-2-17(22-11-12)23-7-5-20-6-8-23/h1-4,9-11,20-21H,5-8H2,(H2,19,24). The summed E-state index contributed by atoms with van der Waals surface area (Å²) in [6, 6.07) is 9.79. The van der Waals surface area contributed by atoms with Crippen molar-refractivity contribution in [3.8, 4) is 11.1 Å². The quantitative estimate of drug-likeness (QED) is 0.686. The van der Waals surface area contributed by atoms with Gasteiger partial charge in [-0.3, -0.25) is 4.79 Å². The molecule has 0 spiro atoms. The zero-order chi connectivity index (χ0) is 16.5. The van der Waals surface area contributed by atoms with Gasteiger partial charge in [-0.15, -0.1) is 0 Å². The lowest BCUT2D eigenvalue weighted by Gasteiger charge is -2.28. The van der Waals surface area contributed by atoms with Gasteiger partial charge < -0.3 is 20.9 Å². The van der Waals surface area contributed by atoms with Crippen molar-refractivity contribution < 1.29 is 4.79 Å². The van der Waals surface area contributed by atoms with Crippen LogP contribution in [-0.4, -0.2) is 42.1 Å². The second kappa shape index (κ2) is 5.98. The van der Waals surface area contributed by atoms with Gasteiger partial charge in [-0.2, -0.15) is 0 Å². The SMILES string of the molecule is NC(=O)c1cc(-c2ccc(N3CCNCC3)nc2)cc2[nH]ccc12. The first-order chi connectivity index (χ1) is 11.7. The van der Waals surface area contributed by atoms with Gasteiger partial charge in [-0.05, 0) is 35.9 Å². The van der Waals surface area contributed by atoms with Crippen molar-refractivity contribution in [2.24, 2.45) is 5.73 Å². The van der Waals surface area contributed by atoms with Crippen LogP contribution in [0.1, 0.15) is 10.4 Å². The highest BCUT2D eigenvalue weighted by atomic mass is 16.1. The molecular weight excluding hydrogens is 302 g/mol. The molecule has 0 aliphatic carbocycles. The van der Waals surface area contributed by atoms with E-state index in [1.807, 2.05) is 42.7 Å². The highest BCUT2D eigenvalue weighted by Gasteiger charge is 2.13. The van der Waals surface area contributed by atoms with Gasteiger partial charge in [-0.1, -0.05) is 0 Å². The van der Waals surface area contributed by atoms with Crippen LogP contribution in [0.2, 0.25) is 0 Å². The Kier molecular flexibility index (Phi) is 3.66. The van der Waals surface area contributed by atoms with Crippen LogP contribution in [0.25, 0.3) is 22.0 Å². The Morgan fingerprint density at radius 2 is 1.96 bits per heavy atom. The van der Waals surface area contributed by atoms with Crippen LogP contribution >= 0.6 is 0 Å². The van der Waals surface area contributed by atoms with Crippen molar-refractivity contribution in [3.63, 3.8) is 0 Å². The fraction of sp³-hybridized carbons (Fsp3) is 0.222. The molecule has 0 radical (unpaired) electrons. The van der Waals surface area contributed by atoms with Gasteiger partial charge in [0.05, 0.1) is 0 Å². The number of hydrogen-bond acceptors (Lipinski definition) is 4. The van der Waals surface area contributed by atoms with Crippen LogP contribution < -0.4 is 16.0 Å². The molecule has 4 rings (SSSR count). The van der Waals surface area contributed by atoms with Crippen LogP contribution in [0.4, 0.5) is 5.82 Å². The molecule has 122 valence electrons. The van der Waals surface area contributed by atoms with E-state index in [9.17, 15) is 4.79 Å². The summed E-state index contributed by atoms with van der Waals surface area (Å²) in [6.45, 7) is 3.89. The number of rotatable bonds is 3. The van der Waals surface area contributed by atoms with Crippen molar-refractivity contribution in [1.82, 2.24) is 15.3 Å². The van der Waals surface area contributed by atoms with Gasteiger partial charge in [0, 0.05) is 60.6 Å². The van der Waals surface area contributed by atoms with Crippen molar-refractivity contribution in [2.45, 2.75) is 0 Å². The van der Waals surface area contributed by atoms with Gasteiger partial charge in [-0.25, -0.2) is 4.98 Å². The second-order valence-corrected chi connectivity index (χ2v) is 5.97. The molecule has 3 heterocycles. The van der Waals surface area contributed by atoms with Crippen LogP contribution in [-0.2, 0) is 0 Å². The number of benzene rings is 1. The smallest absolute Gasteiger partial charge is 0.249 e. The lowest BCUT2D eigenvalue weighted by Crippen LogP contribution is -2.43. The summed E-state index contributed by atoms with van der Waals surface area (Å²) in [5.74, 6) is 0.558. The van der Waals surface area contributed by atoms with E-state index >= 15 is 0 Å². The summed E-state index contributed by atoms with van der Waals surface area (Å²) in [6.07, 6.45) is 3.67. The molecule has 0 unspecified atom stereocenters. The number of piperazine rings is 1. The Hall–Kier alpha value is -2.86. The number of primary amides is 1. The Morgan fingerprint density at radius 1 is 1.12 bits per heavy atom. The molecule has 0 atom stereocenters. The third-order valence-electron chi connectivity index (χ3n) is 4.46. The number of fused-ring (bicyclic) bond motifs is 1. The zero-order valence-electron chi connectivity index (χ0n) is 13.2. The maximum Gasteiger partial charge on any atom is 0.249 e. The number of H-pyrrole nitrogens is 1. The molecular formula is C18H19N5O. The van der Waals surface area contributed by atoms with E-state index in [4.69, 9.17) is 5.73 Å². The van der Waals surface area contributed by atoms with Crippen LogP contribution in [0.3, 0.4) is 0 Å². The van der Waals surface area contributed by atoms with E-state index in [-0.39, 0.29) is 0 Å². The van der Waals surface area contributed by atoms with Gasteiger partial charge in [0.1, 0.15) is 5.82 Å². The number of hydrogen-bond donors (Lipinski definition) is 3. The summed E-state index contributed by atoms with van der Waals surface area (Å²) >= 11 is 0. The zero-order valence-corrected chi connectivity index (χ0v) is 13.2. The first kappa shape index (κ1) is 14.7. The Labute approximate surface area is 139 Å². The van der Waals surface area contributed by atoms with E-state index in [0.29, 0.717) is 5.56 Å². The van der Waals surface area contributed by atoms with E-state index in [2.05, 4.69) is 20.2 Å². The Morgan fingerprint density at radius 3 is 2.67 bits per heavy atom. The van der Waals surface area contributed by atoms with E-state index < -0.39 is 5.91 Å². The van der Waals surface area contributed by atoms with Gasteiger partial charge >= 0.3 is 0 Å². The van der Waals surface area contributed by atoms with Crippen molar-refractivity contribution in [2.75, 3.05) is 31.1 Å². The number of nitrogens with two attached hydrogens (primary N) is 1. The van der Waals surface area contributed by atoms with Crippen LogP contribution in [0.5, 0.6) is 0 Å². The number of pyridine rings is 1. The van der Waals surface area contributed by atoms with E-state index in [1.165, 1.54) is 0 Å². The fourth-order valence-corrected chi connectivity index (χ4v) is 3.18. The third kappa shape index (κ3) is 2.61. The Bertz CT molecular complexity index is 878. The normalized spacial score (nSPS) is 14.9. The molecule has 1 amide bonds. The maximum atomic E-state index is 11.7. The molecule has 0 saturated carbocycles. The van der Waals surface area contributed by atoms with Gasteiger partial charge in [0.15, 0.2) is 0 Å². The maximum absolute atomic E-state index is 11.7. The number of amides is 1. The molecule has 4 N–H and O–H groups in total. The van der Waals surface area contributed by atoms with Crippen molar-refractivity contribution in [1.29, 1.82) is 0 Å². The summed E-state index contributed by atoms with van der Waals surface area (Å²) < 4.78 is 0. The lowest BCUT2D eigenvalue weighted by molar-refractivity contribution is 0.100. The number of carbonyl (C=O) groups is 1. The summed E-state index contributed by atoms with van der Waals surface area (Å²) in [4.78, 5) is 21.7. The molecule has 3 aromatic rings. The fourth-order valence-electron chi connectivity index (χ4n) is 3.18.